The lowest BCUT2D eigenvalue weighted by Crippen LogP contribution is -2.21. The van der Waals surface area contributed by atoms with Crippen LogP contribution in [-0.4, -0.2) is 0 Å². The van der Waals surface area contributed by atoms with E-state index < -0.39 is 11.8 Å². The van der Waals surface area contributed by atoms with Crippen molar-refractivity contribution in [3.05, 3.63) is 34.9 Å². The maximum absolute atomic E-state index is 13.8. The van der Waals surface area contributed by atoms with Crippen molar-refractivity contribution in [3.8, 4) is 0 Å². The molecule has 0 bridgehead atoms. The van der Waals surface area contributed by atoms with Crippen molar-refractivity contribution >= 4 is 0 Å². The monoisotopic (exact) mass is 224 g/mol. The molecular weight excluding hydrogens is 206 g/mol. The maximum Gasteiger partial charge on any atom is 0.275 e. The predicted octanol–water partition coefficient (Wildman–Crippen LogP) is 4.31. The van der Waals surface area contributed by atoms with E-state index in [0.717, 1.165) is 24.8 Å². The quantitative estimate of drug-likeness (QED) is 0.702. The van der Waals surface area contributed by atoms with E-state index in [2.05, 4.69) is 0 Å². The number of hydrogen-bond acceptors (Lipinski definition) is 0. The first-order valence-electron chi connectivity index (χ1n) is 6.02. The summed E-state index contributed by atoms with van der Waals surface area (Å²) in [5.41, 5.74) is 2.57. The van der Waals surface area contributed by atoms with Crippen molar-refractivity contribution in [3.63, 3.8) is 0 Å². The molecule has 2 rings (SSSR count). The fourth-order valence-corrected chi connectivity index (χ4v) is 2.27. The highest BCUT2D eigenvalue weighted by atomic mass is 19.3. The van der Waals surface area contributed by atoms with Crippen LogP contribution in [0, 0.1) is 5.92 Å². The van der Waals surface area contributed by atoms with Crippen LogP contribution in [0.2, 0.25) is 0 Å². The van der Waals surface area contributed by atoms with Gasteiger partial charge in [0.1, 0.15) is 0 Å². The normalized spacial score (nSPS) is 16.3. The number of rotatable bonds is 2. The third-order valence-electron chi connectivity index (χ3n) is 3.46. The minimum absolute atomic E-state index is 0.183. The van der Waals surface area contributed by atoms with E-state index in [4.69, 9.17) is 0 Å². The van der Waals surface area contributed by atoms with Gasteiger partial charge in [0.25, 0.3) is 5.92 Å². The Bertz CT molecular complexity index is 380. The molecule has 0 aromatic heterocycles. The second kappa shape index (κ2) is 4.15. The molecule has 0 saturated heterocycles. The highest BCUT2D eigenvalue weighted by Gasteiger charge is 2.35. The molecule has 1 aliphatic carbocycles. The van der Waals surface area contributed by atoms with Crippen molar-refractivity contribution in [1.29, 1.82) is 0 Å². The van der Waals surface area contributed by atoms with Crippen molar-refractivity contribution in [1.82, 2.24) is 0 Å². The summed E-state index contributed by atoms with van der Waals surface area (Å²) in [5, 5.41) is 0. The lowest BCUT2D eigenvalue weighted by atomic mass is 9.87. The summed E-state index contributed by atoms with van der Waals surface area (Å²) in [6.07, 6.45) is 4.32. The molecule has 1 aliphatic rings. The van der Waals surface area contributed by atoms with Gasteiger partial charge in [0.2, 0.25) is 0 Å². The SMILES string of the molecule is CC(C)C(F)(F)c1ccc2c(c1)CCCC2. The first kappa shape index (κ1) is 11.6. The van der Waals surface area contributed by atoms with Crippen LogP contribution in [-0.2, 0) is 18.8 Å². The molecule has 0 unspecified atom stereocenters. The summed E-state index contributed by atoms with van der Waals surface area (Å²) in [4.78, 5) is 0. The van der Waals surface area contributed by atoms with Gasteiger partial charge in [-0.1, -0.05) is 26.0 Å². The number of fused-ring (bicyclic) bond motifs is 1. The van der Waals surface area contributed by atoms with Crippen molar-refractivity contribution in [2.45, 2.75) is 45.5 Å². The minimum Gasteiger partial charge on any atom is -0.201 e. The fraction of sp³-hybridized carbons (Fsp3) is 0.571. The Kier molecular flexibility index (Phi) is 3.00. The van der Waals surface area contributed by atoms with Gasteiger partial charge in [0.05, 0.1) is 0 Å². The van der Waals surface area contributed by atoms with Gasteiger partial charge in [-0.3, -0.25) is 0 Å². The Morgan fingerprint density at radius 2 is 1.69 bits per heavy atom. The van der Waals surface area contributed by atoms with Gasteiger partial charge < -0.3 is 0 Å². The van der Waals surface area contributed by atoms with E-state index in [1.54, 1.807) is 26.0 Å². The molecule has 88 valence electrons. The number of benzene rings is 1. The molecule has 1 aromatic rings. The van der Waals surface area contributed by atoms with Gasteiger partial charge in [-0.25, -0.2) is 8.78 Å². The summed E-state index contributed by atoms with van der Waals surface area (Å²) in [7, 11) is 0. The Labute approximate surface area is 95.7 Å². The second-order valence-corrected chi connectivity index (χ2v) is 4.97. The Morgan fingerprint density at radius 1 is 1.06 bits per heavy atom. The Balaban J connectivity index is 2.37. The number of aryl methyl sites for hydroxylation is 2. The van der Waals surface area contributed by atoms with Gasteiger partial charge >= 0.3 is 0 Å². The van der Waals surface area contributed by atoms with Crippen LogP contribution < -0.4 is 0 Å². The van der Waals surface area contributed by atoms with Gasteiger partial charge in [-0.2, -0.15) is 0 Å². The summed E-state index contributed by atoms with van der Waals surface area (Å²) < 4.78 is 27.7. The topological polar surface area (TPSA) is 0 Å². The molecule has 0 amide bonds. The fourth-order valence-electron chi connectivity index (χ4n) is 2.27. The van der Waals surface area contributed by atoms with Crippen LogP contribution >= 0.6 is 0 Å². The minimum atomic E-state index is -2.70. The van der Waals surface area contributed by atoms with Crippen molar-refractivity contribution < 1.29 is 8.78 Å². The zero-order chi connectivity index (χ0) is 11.8. The van der Waals surface area contributed by atoms with Crippen LogP contribution in [0.3, 0.4) is 0 Å². The summed E-state index contributed by atoms with van der Waals surface area (Å²) in [6.45, 7) is 3.14. The molecule has 16 heavy (non-hydrogen) atoms. The number of hydrogen-bond donors (Lipinski definition) is 0. The molecule has 0 heterocycles. The first-order valence-corrected chi connectivity index (χ1v) is 6.02. The summed E-state index contributed by atoms with van der Waals surface area (Å²) in [5.74, 6) is -3.35. The zero-order valence-corrected chi connectivity index (χ0v) is 9.89. The molecule has 0 fully saturated rings. The van der Waals surface area contributed by atoms with Crippen LogP contribution in [0.15, 0.2) is 18.2 Å². The maximum atomic E-state index is 13.8. The van der Waals surface area contributed by atoms with Gasteiger partial charge in [0, 0.05) is 11.5 Å². The van der Waals surface area contributed by atoms with Crippen LogP contribution in [0.1, 0.15) is 43.4 Å². The van der Waals surface area contributed by atoms with E-state index in [1.165, 1.54) is 12.0 Å². The van der Waals surface area contributed by atoms with E-state index in [-0.39, 0.29) is 5.56 Å². The lowest BCUT2D eigenvalue weighted by Gasteiger charge is -2.23. The first-order chi connectivity index (χ1) is 7.51. The highest BCUT2D eigenvalue weighted by Crippen LogP contribution is 2.37. The van der Waals surface area contributed by atoms with Crippen LogP contribution in [0.4, 0.5) is 8.78 Å². The molecule has 2 heteroatoms. The molecule has 0 nitrogen and oxygen atoms in total. The van der Waals surface area contributed by atoms with Crippen LogP contribution in [0.5, 0.6) is 0 Å². The highest BCUT2D eigenvalue weighted by molar-refractivity contribution is 5.35. The number of alkyl halides is 2. The van der Waals surface area contributed by atoms with E-state index in [1.807, 2.05) is 6.07 Å². The molecule has 0 saturated carbocycles. The molecule has 0 aliphatic heterocycles. The van der Waals surface area contributed by atoms with Crippen molar-refractivity contribution in [2.75, 3.05) is 0 Å². The summed E-state index contributed by atoms with van der Waals surface area (Å²) >= 11 is 0. The average Bonchev–Trinajstić information content (AvgIpc) is 2.28. The zero-order valence-electron chi connectivity index (χ0n) is 9.89. The van der Waals surface area contributed by atoms with Crippen LogP contribution in [0.25, 0.3) is 0 Å². The predicted molar refractivity (Wildman–Crippen MR) is 61.8 cm³/mol. The van der Waals surface area contributed by atoms with Gasteiger partial charge in [-0.15, -0.1) is 0 Å². The molecule has 0 radical (unpaired) electrons. The smallest absolute Gasteiger partial charge is 0.201 e. The van der Waals surface area contributed by atoms with E-state index in [9.17, 15) is 8.78 Å². The average molecular weight is 224 g/mol. The molecule has 0 atom stereocenters. The Hall–Kier alpha value is -0.920. The third-order valence-corrected chi connectivity index (χ3v) is 3.46. The third kappa shape index (κ3) is 1.98. The Morgan fingerprint density at radius 3 is 2.31 bits per heavy atom. The molecule has 0 spiro atoms. The largest absolute Gasteiger partial charge is 0.275 e. The lowest BCUT2D eigenvalue weighted by molar-refractivity contribution is -0.0514. The standard InChI is InChI=1S/C14H18F2/c1-10(2)14(15,16)13-8-7-11-5-3-4-6-12(11)9-13/h7-10H,3-6H2,1-2H3. The molecule has 0 N–H and O–H groups in total. The second-order valence-electron chi connectivity index (χ2n) is 4.97. The number of halogens is 2. The van der Waals surface area contributed by atoms with E-state index >= 15 is 0 Å². The van der Waals surface area contributed by atoms with Gasteiger partial charge in [-0.05, 0) is 42.9 Å². The van der Waals surface area contributed by atoms with E-state index in [0.29, 0.717) is 0 Å². The summed E-state index contributed by atoms with van der Waals surface area (Å²) in [6, 6.07) is 5.21. The van der Waals surface area contributed by atoms with Gasteiger partial charge in [0.15, 0.2) is 0 Å². The molecule has 1 aromatic carbocycles. The molecular formula is C14H18F2. The van der Waals surface area contributed by atoms with Crippen molar-refractivity contribution in [2.24, 2.45) is 5.92 Å².